The second-order valence-corrected chi connectivity index (χ2v) is 7.03. The van der Waals surface area contributed by atoms with Crippen LogP contribution in [0.1, 0.15) is 13.8 Å². The summed E-state index contributed by atoms with van der Waals surface area (Å²) in [5.41, 5.74) is 0. The number of hydrogen-bond acceptors (Lipinski definition) is 5. The van der Waals surface area contributed by atoms with E-state index in [9.17, 15) is 31.2 Å². The fourth-order valence-corrected chi connectivity index (χ4v) is 3.58. The van der Waals surface area contributed by atoms with Gasteiger partial charge in [0.1, 0.15) is 11.8 Å². The first kappa shape index (κ1) is 21.7. The average Bonchev–Trinajstić information content (AvgIpc) is 2.49. The van der Waals surface area contributed by atoms with Gasteiger partial charge in [0.2, 0.25) is 15.9 Å². The Balaban J connectivity index is 3.20. The maximum atomic E-state index is 12.7. The van der Waals surface area contributed by atoms with Gasteiger partial charge in [0, 0.05) is 26.1 Å². The van der Waals surface area contributed by atoms with Crippen LogP contribution in [-0.2, 0) is 19.6 Å². The van der Waals surface area contributed by atoms with E-state index >= 15 is 0 Å². The first-order chi connectivity index (χ1) is 11.8. The number of aliphatic carboxylic acids is 1. The number of halogens is 3. The van der Waals surface area contributed by atoms with E-state index in [1.807, 2.05) is 0 Å². The third-order valence-corrected chi connectivity index (χ3v) is 5.11. The Morgan fingerprint density at radius 2 is 1.96 bits per heavy atom. The van der Waals surface area contributed by atoms with Gasteiger partial charge in [-0.25, -0.2) is 8.42 Å². The van der Waals surface area contributed by atoms with Gasteiger partial charge in [0.25, 0.3) is 0 Å². The lowest BCUT2D eigenvalue weighted by atomic mass is 10.3. The van der Waals surface area contributed by atoms with E-state index in [1.165, 1.54) is 6.92 Å². The molecule has 1 rings (SSSR count). The Labute approximate surface area is 147 Å². The summed E-state index contributed by atoms with van der Waals surface area (Å²) in [6.07, 6.45) is -5.01. The second-order valence-electron chi connectivity index (χ2n) is 5.14. The summed E-state index contributed by atoms with van der Waals surface area (Å²) < 4.78 is 66.5. The van der Waals surface area contributed by atoms with Crippen LogP contribution in [0.5, 0.6) is 5.75 Å². The van der Waals surface area contributed by atoms with E-state index in [2.05, 4.69) is 10.1 Å². The van der Waals surface area contributed by atoms with Crippen LogP contribution in [0.15, 0.2) is 29.2 Å². The molecule has 0 spiro atoms. The fourth-order valence-electron chi connectivity index (χ4n) is 1.95. The quantitative estimate of drug-likeness (QED) is 0.680. The van der Waals surface area contributed by atoms with Gasteiger partial charge in [-0.1, -0.05) is 6.07 Å². The van der Waals surface area contributed by atoms with E-state index < -0.39 is 44.9 Å². The smallest absolute Gasteiger partial charge is 0.480 e. The Morgan fingerprint density at radius 3 is 2.46 bits per heavy atom. The Bertz CT molecular complexity index is 766. The summed E-state index contributed by atoms with van der Waals surface area (Å²) in [4.78, 5) is 21.5. The molecule has 0 radical (unpaired) electrons. The van der Waals surface area contributed by atoms with E-state index in [-0.39, 0.29) is 13.1 Å². The molecule has 0 aliphatic heterocycles. The fraction of sp³-hybridized carbons (Fsp3) is 0.429. The van der Waals surface area contributed by atoms with E-state index in [4.69, 9.17) is 5.11 Å². The number of hydrogen-bond donors (Lipinski definition) is 2. The molecule has 2 N–H and O–H groups in total. The normalized spacial score (nSPS) is 13.3. The molecule has 0 heterocycles. The van der Waals surface area contributed by atoms with E-state index in [0.29, 0.717) is 10.4 Å². The molecule has 1 aromatic rings. The molecule has 0 saturated carbocycles. The van der Waals surface area contributed by atoms with Gasteiger partial charge in [0.05, 0.1) is 4.90 Å². The predicted octanol–water partition coefficient (Wildman–Crippen LogP) is 1.19. The molecule has 1 aromatic carbocycles. The highest BCUT2D eigenvalue weighted by atomic mass is 32.2. The monoisotopic (exact) mass is 398 g/mol. The molecule has 0 fully saturated rings. The van der Waals surface area contributed by atoms with E-state index in [0.717, 1.165) is 25.1 Å². The summed E-state index contributed by atoms with van der Waals surface area (Å²) in [5.74, 6) is -2.67. The highest BCUT2D eigenvalue weighted by Gasteiger charge is 2.34. The first-order valence-electron chi connectivity index (χ1n) is 7.19. The number of rotatable bonds is 8. The van der Waals surface area contributed by atoms with Crippen molar-refractivity contribution < 1.29 is 41.0 Å². The van der Waals surface area contributed by atoms with Gasteiger partial charge in [-0.15, -0.1) is 13.2 Å². The van der Waals surface area contributed by atoms with Crippen LogP contribution >= 0.6 is 0 Å². The van der Waals surface area contributed by atoms with Crippen molar-refractivity contribution in [1.29, 1.82) is 0 Å². The number of nitrogens with one attached hydrogen (secondary N) is 1. The van der Waals surface area contributed by atoms with Crippen molar-refractivity contribution in [2.45, 2.75) is 31.1 Å². The largest absolute Gasteiger partial charge is 0.573 e. The van der Waals surface area contributed by atoms with Crippen molar-refractivity contribution in [2.75, 3.05) is 13.1 Å². The number of alkyl halides is 3. The van der Waals surface area contributed by atoms with Gasteiger partial charge in [0.15, 0.2) is 0 Å². The number of sulfonamides is 1. The maximum absolute atomic E-state index is 12.7. The lowest BCUT2D eigenvalue weighted by Crippen LogP contribution is -2.46. The molecular weight excluding hydrogens is 381 g/mol. The van der Waals surface area contributed by atoms with Crippen LogP contribution in [0, 0.1) is 0 Å². The van der Waals surface area contributed by atoms with Crippen molar-refractivity contribution in [3.05, 3.63) is 24.3 Å². The number of carbonyl (C=O) groups excluding carboxylic acids is 1. The minimum absolute atomic E-state index is 0.176. The molecule has 0 aliphatic rings. The summed E-state index contributed by atoms with van der Waals surface area (Å²) >= 11 is 0. The number of carboxylic acid groups (broad SMARTS) is 1. The maximum Gasteiger partial charge on any atom is 0.573 e. The van der Waals surface area contributed by atoms with Gasteiger partial charge in [-0.3, -0.25) is 9.59 Å². The zero-order valence-corrected chi connectivity index (χ0v) is 14.6. The van der Waals surface area contributed by atoms with Crippen LogP contribution < -0.4 is 10.1 Å². The second kappa shape index (κ2) is 8.36. The molecule has 0 aromatic heterocycles. The van der Waals surface area contributed by atoms with Crippen molar-refractivity contribution in [3.63, 3.8) is 0 Å². The van der Waals surface area contributed by atoms with Gasteiger partial charge in [-0.2, -0.15) is 4.31 Å². The van der Waals surface area contributed by atoms with Crippen LogP contribution in [0.2, 0.25) is 0 Å². The summed E-state index contributed by atoms with van der Waals surface area (Å²) in [6, 6.07) is 2.09. The zero-order valence-electron chi connectivity index (χ0n) is 13.8. The third kappa shape index (κ3) is 6.19. The van der Waals surface area contributed by atoms with Crippen molar-refractivity contribution in [3.8, 4) is 5.75 Å². The minimum Gasteiger partial charge on any atom is -0.480 e. The molecule has 0 bridgehead atoms. The molecule has 8 nitrogen and oxygen atoms in total. The van der Waals surface area contributed by atoms with Crippen molar-refractivity contribution in [2.24, 2.45) is 0 Å². The van der Waals surface area contributed by atoms with Crippen molar-refractivity contribution in [1.82, 2.24) is 9.62 Å². The van der Waals surface area contributed by atoms with Gasteiger partial charge in [-0.05, 0) is 19.1 Å². The Hall–Kier alpha value is -2.34. The number of benzene rings is 1. The standard InChI is InChI=1S/C14H17F3N2O6S/c1-9(13(21)22)19(7-6-18-10(2)20)26(23,24)12-5-3-4-11(8-12)25-14(15,16)17/h3-5,8-9H,6-7H2,1-2H3,(H,18,20)(H,21,22). The molecule has 1 atom stereocenters. The number of carbonyl (C=O) groups is 2. The molecule has 1 amide bonds. The van der Waals surface area contributed by atoms with Gasteiger partial charge < -0.3 is 15.2 Å². The van der Waals surface area contributed by atoms with E-state index in [1.54, 1.807) is 0 Å². The van der Waals surface area contributed by atoms with Crippen LogP contribution in [0.3, 0.4) is 0 Å². The number of nitrogens with zero attached hydrogens (tertiary/aromatic N) is 1. The topological polar surface area (TPSA) is 113 Å². The minimum atomic E-state index is -5.01. The lowest BCUT2D eigenvalue weighted by Gasteiger charge is -2.26. The summed E-state index contributed by atoms with van der Waals surface area (Å²) in [7, 11) is -4.47. The summed E-state index contributed by atoms with van der Waals surface area (Å²) in [6.45, 7) is 1.73. The van der Waals surface area contributed by atoms with Gasteiger partial charge >= 0.3 is 12.3 Å². The number of ether oxygens (including phenoxy) is 1. The molecule has 146 valence electrons. The molecule has 26 heavy (non-hydrogen) atoms. The third-order valence-electron chi connectivity index (χ3n) is 3.14. The number of amides is 1. The highest BCUT2D eigenvalue weighted by molar-refractivity contribution is 7.89. The Kier molecular flexibility index (Phi) is 6.98. The highest BCUT2D eigenvalue weighted by Crippen LogP contribution is 2.27. The number of carboxylic acids is 1. The molecular formula is C14H17F3N2O6S. The first-order valence-corrected chi connectivity index (χ1v) is 8.63. The predicted molar refractivity (Wildman–Crippen MR) is 82.8 cm³/mol. The SMILES string of the molecule is CC(=O)NCCN(C(C)C(=O)O)S(=O)(=O)c1cccc(OC(F)(F)F)c1. The molecule has 1 unspecified atom stereocenters. The van der Waals surface area contributed by atoms with Crippen LogP contribution in [0.4, 0.5) is 13.2 Å². The summed E-state index contributed by atoms with van der Waals surface area (Å²) in [5, 5.41) is 11.4. The zero-order chi connectivity index (χ0) is 20.1. The molecule has 12 heteroatoms. The van der Waals surface area contributed by atoms with Crippen LogP contribution in [0.25, 0.3) is 0 Å². The average molecular weight is 398 g/mol. The molecule has 0 saturated heterocycles. The Morgan fingerprint density at radius 1 is 1.35 bits per heavy atom. The lowest BCUT2D eigenvalue weighted by molar-refractivity contribution is -0.274. The molecule has 0 aliphatic carbocycles. The van der Waals surface area contributed by atoms with Crippen molar-refractivity contribution >= 4 is 21.9 Å². The van der Waals surface area contributed by atoms with Crippen LogP contribution in [-0.4, -0.2) is 55.2 Å².